The molecule has 0 radical (unpaired) electrons. The maximum absolute atomic E-state index is 12.1. The first-order chi connectivity index (χ1) is 11.6. The second-order valence-corrected chi connectivity index (χ2v) is 6.39. The Hall–Kier alpha value is -2.40. The first kappa shape index (κ1) is 16.5. The van der Waals surface area contributed by atoms with Crippen LogP contribution in [0.2, 0.25) is 0 Å². The molecule has 2 aromatic carbocycles. The minimum absolute atomic E-state index is 0.0406. The van der Waals surface area contributed by atoms with Crippen LogP contribution in [0.1, 0.15) is 17.2 Å². The molecule has 0 amide bonds. The Morgan fingerprint density at radius 3 is 2.38 bits per heavy atom. The van der Waals surface area contributed by atoms with Crippen LogP contribution >= 0.6 is 15.9 Å². The third kappa shape index (κ3) is 3.74. The fraction of sp³-hybridized carbons (Fsp3) is 0.158. The number of halogens is 1. The normalized spacial score (nSPS) is 11.9. The van der Waals surface area contributed by atoms with Gasteiger partial charge in [-0.15, -0.1) is 0 Å². The highest BCUT2D eigenvalue weighted by atomic mass is 79.9. The molecule has 122 valence electrons. The monoisotopic (exact) mass is 383 g/mol. The van der Waals surface area contributed by atoms with Gasteiger partial charge in [0.25, 0.3) is 5.56 Å². The fourth-order valence-corrected chi connectivity index (χ4v) is 3.06. The van der Waals surface area contributed by atoms with Crippen LogP contribution in [0.25, 0.3) is 0 Å². The van der Waals surface area contributed by atoms with Crippen LogP contribution in [-0.2, 0) is 13.5 Å². The van der Waals surface area contributed by atoms with Crippen molar-refractivity contribution in [2.45, 2.75) is 12.5 Å². The topological polar surface area (TPSA) is 46.9 Å². The maximum atomic E-state index is 12.1. The van der Waals surface area contributed by atoms with Crippen molar-refractivity contribution >= 4 is 21.6 Å². The van der Waals surface area contributed by atoms with Gasteiger partial charge in [0, 0.05) is 7.05 Å². The fourth-order valence-electron chi connectivity index (χ4n) is 2.59. The zero-order valence-corrected chi connectivity index (χ0v) is 14.9. The number of nitrogens with zero attached hydrogens (tertiary/aromatic N) is 2. The summed E-state index contributed by atoms with van der Waals surface area (Å²) in [6.45, 7) is 0. The van der Waals surface area contributed by atoms with Gasteiger partial charge in [0.2, 0.25) is 0 Å². The van der Waals surface area contributed by atoms with E-state index in [0.29, 0.717) is 10.2 Å². The van der Waals surface area contributed by atoms with Crippen molar-refractivity contribution in [2.75, 3.05) is 5.32 Å². The second kappa shape index (κ2) is 7.45. The summed E-state index contributed by atoms with van der Waals surface area (Å²) in [5.41, 5.74) is 2.93. The third-order valence-corrected chi connectivity index (χ3v) is 4.66. The van der Waals surface area contributed by atoms with Crippen LogP contribution < -0.4 is 10.9 Å². The van der Waals surface area contributed by atoms with Crippen molar-refractivity contribution in [3.63, 3.8) is 0 Å². The molecule has 3 rings (SSSR count). The van der Waals surface area contributed by atoms with Gasteiger partial charge in [-0.3, -0.25) is 4.79 Å². The number of rotatable bonds is 5. The van der Waals surface area contributed by atoms with Crippen molar-refractivity contribution in [1.82, 2.24) is 9.78 Å². The Bertz CT molecular complexity index is 863. The van der Waals surface area contributed by atoms with Crippen LogP contribution in [-0.4, -0.2) is 9.78 Å². The quantitative estimate of drug-likeness (QED) is 0.725. The van der Waals surface area contributed by atoms with E-state index in [-0.39, 0.29) is 11.6 Å². The summed E-state index contributed by atoms with van der Waals surface area (Å²) in [7, 11) is 1.63. The van der Waals surface area contributed by atoms with E-state index in [1.54, 1.807) is 13.2 Å². The summed E-state index contributed by atoms with van der Waals surface area (Å²) in [6.07, 6.45) is 2.49. The lowest BCUT2D eigenvalue weighted by atomic mass is 9.98. The van der Waals surface area contributed by atoms with E-state index in [1.165, 1.54) is 10.2 Å². The predicted molar refractivity (Wildman–Crippen MR) is 100 cm³/mol. The number of aromatic nitrogens is 2. The molecule has 0 aliphatic rings. The van der Waals surface area contributed by atoms with Crippen molar-refractivity contribution in [1.29, 1.82) is 0 Å². The Balaban J connectivity index is 1.93. The molecule has 1 unspecified atom stereocenters. The van der Waals surface area contributed by atoms with Crippen LogP contribution in [0.15, 0.2) is 76.1 Å². The Morgan fingerprint density at radius 1 is 1.08 bits per heavy atom. The van der Waals surface area contributed by atoms with Crippen LogP contribution in [0, 0.1) is 0 Å². The predicted octanol–water partition coefficient (Wildman–Crippen LogP) is 3.94. The van der Waals surface area contributed by atoms with E-state index < -0.39 is 0 Å². The first-order valence-corrected chi connectivity index (χ1v) is 8.51. The van der Waals surface area contributed by atoms with Crippen LogP contribution in [0.5, 0.6) is 0 Å². The maximum Gasteiger partial charge on any atom is 0.282 e. The molecular weight excluding hydrogens is 366 g/mol. The summed E-state index contributed by atoms with van der Waals surface area (Å²) >= 11 is 3.38. The lowest BCUT2D eigenvalue weighted by Gasteiger charge is -2.21. The lowest BCUT2D eigenvalue weighted by molar-refractivity contribution is 0.697. The number of aryl methyl sites for hydroxylation is 1. The number of anilines is 1. The van der Waals surface area contributed by atoms with Crippen molar-refractivity contribution < 1.29 is 0 Å². The highest BCUT2D eigenvalue weighted by molar-refractivity contribution is 9.10. The molecule has 0 bridgehead atoms. The minimum Gasteiger partial charge on any atom is -0.376 e. The summed E-state index contributed by atoms with van der Waals surface area (Å²) in [4.78, 5) is 12.1. The van der Waals surface area contributed by atoms with Crippen molar-refractivity contribution in [3.05, 3.63) is 92.8 Å². The molecule has 4 nitrogen and oxygen atoms in total. The molecule has 0 saturated heterocycles. The van der Waals surface area contributed by atoms with Gasteiger partial charge in [-0.25, -0.2) is 4.68 Å². The standard InChI is InChI=1S/C19H18BrN3O/c1-23-19(24)18(20)17(13-21-23)22-16(15-10-6-3-7-11-15)12-14-8-4-2-5-9-14/h2-11,13,16,22H,12H2,1H3. The van der Waals surface area contributed by atoms with E-state index in [1.807, 2.05) is 36.4 Å². The Kier molecular flexibility index (Phi) is 5.11. The summed E-state index contributed by atoms with van der Waals surface area (Å²) in [6, 6.07) is 20.5. The van der Waals surface area contributed by atoms with E-state index in [9.17, 15) is 4.79 Å². The van der Waals surface area contributed by atoms with Crippen LogP contribution in [0.4, 0.5) is 5.69 Å². The van der Waals surface area contributed by atoms with Gasteiger partial charge in [0.1, 0.15) is 4.47 Å². The molecular formula is C19H18BrN3O. The molecule has 0 aliphatic heterocycles. The second-order valence-electron chi connectivity index (χ2n) is 5.60. The van der Waals surface area contributed by atoms with Gasteiger partial charge >= 0.3 is 0 Å². The molecule has 0 aliphatic carbocycles. The lowest BCUT2D eigenvalue weighted by Crippen LogP contribution is -2.23. The average Bonchev–Trinajstić information content (AvgIpc) is 2.63. The molecule has 5 heteroatoms. The number of hydrogen-bond acceptors (Lipinski definition) is 3. The van der Waals surface area contributed by atoms with Crippen molar-refractivity contribution in [3.8, 4) is 0 Å². The summed E-state index contributed by atoms with van der Waals surface area (Å²) < 4.78 is 1.80. The van der Waals surface area contributed by atoms with Crippen LogP contribution in [0.3, 0.4) is 0 Å². The average molecular weight is 384 g/mol. The molecule has 0 spiro atoms. The highest BCUT2D eigenvalue weighted by Crippen LogP contribution is 2.26. The van der Waals surface area contributed by atoms with E-state index in [2.05, 4.69) is 50.6 Å². The van der Waals surface area contributed by atoms with Gasteiger partial charge in [0.05, 0.1) is 17.9 Å². The van der Waals surface area contributed by atoms with Crippen molar-refractivity contribution in [2.24, 2.45) is 7.05 Å². The number of hydrogen-bond donors (Lipinski definition) is 1. The van der Waals surface area contributed by atoms with E-state index in [4.69, 9.17) is 0 Å². The van der Waals surface area contributed by atoms with Gasteiger partial charge < -0.3 is 5.32 Å². The first-order valence-electron chi connectivity index (χ1n) is 7.72. The van der Waals surface area contributed by atoms with Gasteiger partial charge in [0.15, 0.2) is 0 Å². The Morgan fingerprint density at radius 2 is 1.71 bits per heavy atom. The molecule has 1 N–H and O–H groups in total. The largest absolute Gasteiger partial charge is 0.376 e. The molecule has 24 heavy (non-hydrogen) atoms. The SMILES string of the molecule is Cn1ncc(NC(Cc2ccccc2)c2ccccc2)c(Br)c1=O. The van der Waals surface area contributed by atoms with E-state index in [0.717, 1.165) is 12.0 Å². The zero-order valence-electron chi connectivity index (χ0n) is 13.3. The smallest absolute Gasteiger partial charge is 0.282 e. The third-order valence-electron chi connectivity index (χ3n) is 3.89. The molecule has 1 aromatic heterocycles. The molecule has 0 saturated carbocycles. The summed E-state index contributed by atoms with van der Waals surface area (Å²) in [5, 5.41) is 7.56. The Labute approximate surface area is 149 Å². The van der Waals surface area contributed by atoms with Gasteiger partial charge in [-0.1, -0.05) is 60.7 Å². The summed E-state index contributed by atoms with van der Waals surface area (Å²) in [5.74, 6) is 0. The van der Waals surface area contributed by atoms with Gasteiger partial charge in [-0.05, 0) is 33.5 Å². The highest BCUT2D eigenvalue weighted by Gasteiger charge is 2.15. The molecule has 1 heterocycles. The van der Waals surface area contributed by atoms with E-state index >= 15 is 0 Å². The van der Waals surface area contributed by atoms with Gasteiger partial charge in [-0.2, -0.15) is 5.10 Å². The zero-order chi connectivity index (χ0) is 16.9. The molecule has 3 aromatic rings. The number of benzene rings is 2. The number of nitrogens with one attached hydrogen (secondary N) is 1. The minimum atomic E-state index is -0.161. The molecule has 1 atom stereocenters. The molecule has 0 fully saturated rings.